The Hall–Kier alpha value is -0.120. The summed E-state index contributed by atoms with van der Waals surface area (Å²) in [7, 11) is 3.50. The van der Waals surface area contributed by atoms with Gasteiger partial charge in [0.25, 0.3) is 0 Å². The van der Waals surface area contributed by atoms with Crippen molar-refractivity contribution in [3.63, 3.8) is 0 Å². The topological polar surface area (TPSA) is 30.5 Å². The van der Waals surface area contributed by atoms with Crippen molar-refractivity contribution in [2.75, 3.05) is 34.0 Å². The Kier molecular flexibility index (Phi) is 8.02. The molecule has 0 saturated carbocycles. The lowest BCUT2D eigenvalue weighted by molar-refractivity contribution is 0.134. The Morgan fingerprint density at radius 1 is 1.20 bits per heavy atom. The molecule has 1 unspecified atom stereocenters. The first-order chi connectivity index (χ1) is 7.05. The third-order valence-electron chi connectivity index (χ3n) is 2.71. The quantitative estimate of drug-likeness (QED) is 0.641. The van der Waals surface area contributed by atoms with E-state index in [4.69, 9.17) is 9.47 Å². The molecule has 0 saturated heterocycles. The van der Waals surface area contributed by atoms with E-state index in [2.05, 4.69) is 26.1 Å². The molecular weight excluding hydrogens is 190 g/mol. The lowest BCUT2D eigenvalue weighted by Crippen LogP contribution is -2.39. The minimum absolute atomic E-state index is 0.289. The summed E-state index contributed by atoms with van der Waals surface area (Å²) in [5, 5.41) is 3.54. The molecule has 0 heterocycles. The fourth-order valence-corrected chi connectivity index (χ4v) is 1.41. The molecule has 0 aromatic rings. The Morgan fingerprint density at radius 2 is 1.87 bits per heavy atom. The van der Waals surface area contributed by atoms with Crippen LogP contribution in [0.15, 0.2) is 0 Å². The number of ether oxygens (including phenoxy) is 2. The molecule has 3 heteroatoms. The third-order valence-corrected chi connectivity index (χ3v) is 2.71. The minimum Gasteiger partial charge on any atom is -0.385 e. The van der Waals surface area contributed by atoms with Crippen molar-refractivity contribution in [1.29, 1.82) is 0 Å². The molecule has 0 aromatic heterocycles. The van der Waals surface area contributed by atoms with Crippen LogP contribution in [0, 0.1) is 5.41 Å². The standard InChI is InChI=1S/C12H27NO2/c1-6-11(9-15-5)13-10-12(2,3)7-8-14-4/h11,13H,6-10H2,1-5H3. The maximum absolute atomic E-state index is 5.15. The van der Waals surface area contributed by atoms with Crippen LogP contribution in [0.25, 0.3) is 0 Å². The van der Waals surface area contributed by atoms with Gasteiger partial charge in [-0.15, -0.1) is 0 Å². The lowest BCUT2D eigenvalue weighted by atomic mass is 9.89. The zero-order chi connectivity index (χ0) is 11.7. The monoisotopic (exact) mass is 217 g/mol. The highest BCUT2D eigenvalue weighted by atomic mass is 16.5. The molecule has 0 radical (unpaired) electrons. The van der Waals surface area contributed by atoms with Gasteiger partial charge < -0.3 is 14.8 Å². The second kappa shape index (κ2) is 8.08. The predicted octanol–water partition coefficient (Wildman–Crippen LogP) is 2.06. The van der Waals surface area contributed by atoms with Crippen molar-refractivity contribution in [2.24, 2.45) is 5.41 Å². The molecule has 92 valence electrons. The molecule has 0 fully saturated rings. The van der Waals surface area contributed by atoms with E-state index in [0.717, 1.165) is 32.6 Å². The Bertz CT molecular complexity index is 149. The molecule has 0 bridgehead atoms. The molecule has 0 aliphatic rings. The molecular formula is C12H27NO2. The van der Waals surface area contributed by atoms with Gasteiger partial charge in [-0.1, -0.05) is 20.8 Å². The molecule has 0 amide bonds. The maximum atomic E-state index is 5.15. The van der Waals surface area contributed by atoms with Gasteiger partial charge in [0.2, 0.25) is 0 Å². The van der Waals surface area contributed by atoms with Gasteiger partial charge in [-0.25, -0.2) is 0 Å². The number of nitrogens with one attached hydrogen (secondary N) is 1. The molecule has 0 aromatic carbocycles. The minimum atomic E-state index is 0.289. The van der Waals surface area contributed by atoms with Gasteiger partial charge in [0, 0.05) is 33.4 Å². The Balaban J connectivity index is 3.78. The Labute approximate surface area is 94.5 Å². The molecule has 1 atom stereocenters. The normalized spacial score (nSPS) is 14.2. The van der Waals surface area contributed by atoms with E-state index in [-0.39, 0.29) is 5.41 Å². The summed E-state index contributed by atoms with van der Waals surface area (Å²) in [5.41, 5.74) is 0.289. The molecule has 3 nitrogen and oxygen atoms in total. The van der Waals surface area contributed by atoms with Gasteiger partial charge in [0.15, 0.2) is 0 Å². The predicted molar refractivity (Wildman–Crippen MR) is 64.2 cm³/mol. The van der Waals surface area contributed by atoms with Crippen molar-refractivity contribution >= 4 is 0 Å². The summed E-state index contributed by atoms with van der Waals surface area (Å²) in [6, 6.07) is 0.469. The van der Waals surface area contributed by atoms with Gasteiger partial charge in [0.05, 0.1) is 6.61 Å². The van der Waals surface area contributed by atoms with Gasteiger partial charge in [-0.3, -0.25) is 0 Å². The van der Waals surface area contributed by atoms with Crippen LogP contribution in [0.4, 0.5) is 0 Å². The highest BCUT2D eigenvalue weighted by Crippen LogP contribution is 2.19. The van der Waals surface area contributed by atoms with Gasteiger partial charge in [-0.2, -0.15) is 0 Å². The van der Waals surface area contributed by atoms with Crippen LogP contribution >= 0.6 is 0 Å². The molecule has 0 spiro atoms. The van der Waals surface area contributed by atoms with Gasteiger partial charge in [-0.05, 0) is 18.3 Å². The van der Waals surface area contributed by atoms with Crippen molar-refractivity contribution in [2.45, 2.75) is 39.7 Å². The second-order valence-electron chi connectivity index (χ2n) is 4.85. The maximum Gasteiger partial charge on any atom is 0.0615 e. The number of rotatable bonds is 9. The van der Waals surface area contributed by atoms with E-state index in [1.165, 1.54) is 0 Å². The van der Waals surface area contributed by atoms with Crippen molar-refractivity contribution in [3.8, 4) is 0 Å². The smallest absolute Gasteiger partial charge is 0.0615 e. The highest BCUT2D eigenvalue weighted by Gasteiger charge is 2.18. The SMILES string of the molecule is CCC(COC)NCC(C)(C)CCOC. The van der Waals surface area contributed by atoms with E-state index in [9.17, 15) is 0 Å². The van der Waals surface area contributed by atoms with E-state index in [1.807, 2.05) is 0 Å². The zero-order valence-electron chi connectivity index (χ0n) is 10.9. The van der Waals surface area contributed by atoms with Crippen molar-refractivity contribution in [1.82, 2.24) is 5.32 Å². The Morgan fingerprint density at radius 3 is 2.33 bits per heavy atom. The summed E-state index contributed by atoms with van der Waals surface area (Å²) in [6.07, 6.45) is 2.19. The average Bonchev–Trinajstić information content (AvgIpc) is 2.21. The summed E-state index contributed by atoms with van der Waals surface area (Å²) in [4.78, 5) is 0. The molecule has 0 aliphatic heterocycles. The lowest BCUT2D eigenvalue weighted by Gasteiger charge is -2.27. The summed E-state index contributed by atoms with van der Waals surface area (Å²) >= 11 is 0. The first kappa shape index (κ1) is 14.9. The summed E-state index contributed by atoms with van der Waals surface area (Å²) < 4.78 is 10.3. The molecule has 0 rings (SSSR count). The largest absolute Gasteiger partial charge is 0.385 e. The first-order valence-electron chi connectivity index (χ1n) is 5.77. The highest BCUT2D eigenvalue weighted by molar-refractivity contribution is 4.74. The summed E-state index contributed by atoms with van der Waals surface area (Å²) in [5.74, 6) is 0. The van der Waals surface area contributed by atoms with E-state index < -0.39 is 0 Å². The van der Waals surface area contributed by atoms with Gasteiger partial charge >= 0.3 is 0 Å². The van der Waals surface area contributed by atoms with Crippen LogP contribution in [-0.4, -0.2) is 40.0 Å². The van der Waals surface area contributed by atoms with Crippen LogP contribution in [0.5, 0.6) is 0 Å². The van der Waals surface area contributed by atoms with Crippen molar-refractivity contribution in [3.05, 3.63) is 0 Å². The number of methoxy groups -OCH3 is 2. The number of hydrogen-bond acceptors (Lipinski definition) is 3. The number of hydrogen-bond donors (Lipinski definition) is 1. The van der Waals surface area contributed by atoms with Crippen LogP contribution < -0.4 is 5.32 Å². The average molecular weight is 217 g/mol. The molecule has 1 N–H and O–H groups in total. The van der Waals surface area contributed by atoms with Crippen LogP contribution in [0.1, 0.15) is 33.6 Å². The van der Waals surface area contributed by atoms with Crippen LogP contribution in [0.2, 0.25) is 0 Å². The summed E-state index contributed by atoms with van der Waals surface area (Å²) in [6.45, 7) is 9.33. The molecule has 0 aliphatic carbocycles. The fourth-order valence-electron chi connectivity index (χ4n) is 1.41. The van der Waals surface area contributed by atoms with E-state index >= 15 is 0 Å². The van der Waals surface area contributed by atoms with Crippen molar-refractivity contribution < 1.29 is 9.47 Å². The van der Waals surface area contributed by atoms with Gasteiger partial charge in [0.1, 0.15) is 0 Å². The zero-order valence-corrected chi connectivity index (χ0v) is 10.9. The van der Waals surface area contributed by atoms with Crippen LogP contribution in [0.3, 0.4) is 0 Å². The molecule has 15 heavy (non-hydrogen) atoms. The van der Waals surface area contributed by atoms with E-state index in [1.54, 1.807) is 14.2 Å². The van der Waals surface area contributed by atoms with Crippen LogP contribution in [-0.2, 0) is 9.47 Å². The fraction of sp³-hybridized carbons (Fsp3) is 1.00. The van der Waals surface area contributed by atoms with E-state index in [0.29, 0.717) is 6.04 Å². The second-order valence-corrected chi connectivity index (χ2v) is 4.85. The third kappa shape index (κ3) is 7.77. The first-order valence-corrected chi connectivity index (χ1v) is 5.77.